The average molecular weight is 296 g/mol. The Bertz CT molecular complexity index is 727. The van der Waals surface area contributed by atoms with Crippen molar-refractivity contribution in [3.8, 4) is 0 Å². The molecule has 2 heterocycles. The lowest BCUT2D eigenvalue weighted by Crippen LogP contribution is -2.20. The first kappa shape index (κ1) is 14.2. The monoisotopic (exact) mass is 296 g/mol. The molecule has 0 aliphatic rings. The van der Waals surface area contributed by atoms with Gasteiger partial charge in [-0.15, -0.1) is 11.3 Å². The van der Waals surface area contributed by atoms with Crippen LogP contribution >= 0.6 is 11.3 Å². The third-order valence-electron chi connectivity index (χ3n) is 3.85. The number of aromatic nitrogens is 1. The quantitative estimate of drug-likeness (QED) is 0.756. The Hall–Kier alpha value is -1.71. The Balaban J connectivity index is 1.94. The van der Waals surface area contributed by atoms with E-state index < -0.39 is 0 Å². The van der Waals surface area contributed by atoms with E-state index in [0.29, 0.717) is 0 Å². The zero-order valence-electron chi connectivity index (χ0n) is 12.5. The molecule has 0 fully saturated rings. The van der Waals surface area contributed by atoms with Gasteiger partial charge in [0.15, 0.2) is 0 Å². The molecule has 0 amide bonds. The fraction of sp³-hybridized carbons (Fsp3) is 0.278. The minimum absolute atomic E-state index is 0.249. The van der Waals surface area contributed by atoms with E-state index in [2.05, 4.69) is 59.7 Å². The van der Waals surface area contributed by atoms with Crippen LogP contribution in [0.1, 0.15) is 28.4 Å². The number of likely N-dealkylation sites (N-methyl/N-ethyl adjacent to an activating group) is 1. The van der Waals surface area contributed by atoms with Gasteiger partial charge in [-0.2, -0.15) is 0 Å². The highest BCUT2D eigenvalue weighted by Gasteiger charge is 2.15. The molecule has 21 heavy (non-hydrogen) atoms. The minimum atomic E-state index is 0.249. The average Bonchev–Trinajstić information content (AvgIpc) is 3.00. The van der Waals surface area contributed by atoms with Crippen LogP contribution in [-0.2, 0) is 12.8 Å². The maximum absolute atomic E-state index is 4.64. The molecule has 1 atom stereocenters. The summed E-state index contributed by atoms with van der Waals surface area (Å²) >= 11 is 1.91. The second-order valence-corrected chi connectivity index (χ2v) is 6.44. The van der Waals surface area contributed by atoms with Gasteiger partial charge in [-0.1, -0.05) is 31.2 Å². The van der Waals surface area contributed by atoms with Gasteiger partial charge in [0.25, 0.3) is 0 Å². The van der Waals surface area contributed by atoms with Gasteiger partial charge in [-0.25, -0.2) is 0 Å². The van der Waals surface area contributed by atoms with Gasteiger partial charge in [0, 0.05) is 27.8 Å². The lowest BCUT2D eigenvalue weighted by Gasteiger charge is -2.17. The molecule has 0 saturated carbocycles. The van der Waals surface area contributed by atoms with Gasteiger partial charge in [0.2, 0.25) is 0 Å². The molecule has 3 heteroatoms. The van der Waals surface area contributed by atoms with E-state index in [4.69, 9.17) is 0 Å². The first-order valence-electron chi connectivity index (χ1n) is 7.40. The Kier molecular flexibility index (Phi) is 4.32. The van der Waals surface area contributed by atoms with Crippen molar-refractivity contribution in [3.05, 3.63) is 64.1 Å². The number of fused-ring (bicyclic) bond motifs is 1. The molecule has 0 spiro atoms. The lowest BCUT2D eigenvalue weighted by atomic mass is 10.0. The summed E-state index contributed by atoms with van der Waals surface area (Å²) in [6, 6.07) is 15.3. The van der Waals surface area contributed by atoms with Gasteiger partial charge in [-0.3, -0.25) is 4.98 Å². The summed E-state index contributed by atoms with van der Waals surface area (Å²) in [6.45, 7) is 2.21. The van der Waals surface area contributed by atoms with Gasteiger partial charge in [0.05, 0.1) is 11.7 Å². The van der Waals surface area contributed by atoms with E-state index in [0.717, 1.165) is 18.5 Å². The van der Waals surface area contributed by atoms with Crippen molar-refractivity contribution in [1.29, 1.82) is 0 Å². The third-order valence-corrected chi connectivity index (χ3v) is 5.11. The Morgan fingerprint density at radius 2 is 1.90 bits per heavy atom. The van der Waals surface area contributed by atoms with Gasteiger partial charge in [-0.05, 0) is 37.1 Å². The molecule has 3 rings (SSSR count). The van der Waals surface area contributed by atoms with Crippen LogP contribution in [0.5, 0.6) is 0 Å². The molecule has 0 saturated heterocycles. The molecule has 2 aromatic heterocycles. The molecule has 0 aliphatic heterocycles. The first-order chi connectivity index (χ1) is 10.3. The largest absolute Gasteiger partial charge is 0.311 e. The van der Waals surface area contributed by atoms with Crippen molar-refractivity contribution < 1.29 is 0 Å². The highest BCUT2D eigenvalue weighted by molar-refractivity contribution is 7.11. The van der Waals surface area contributed by atoms with Crippen LogP contribution in [0.3, 0.4) is 0 Å². The molecule has 1 N–H and O–H groups in total. The fourth-order valence-corrected chi connectivity index (χ4v) is 3.68. The smallest absolute Gasteiger partial charge is 0.0654 e. The lowest BCUT2D eigenvalue weighted by molar-refractivity contribution is 0.585. The maximum atomic E-state index is 4.64. The highest BCUT2D eigenvalue weighted by Crippen LogP contribution is 2.27. The summed E-state index contributed by atoms with van der Waals surface area (Å²) in [4.78, 5) is 7.51. The van der Waals surface area contributed by atoms with Crippen LogP contribution in [0.2, 0.25) is 0 Å². The standard InChI is InChI=1S/C18H20N2S/c1-3-14-8-9-15(21-14)12-17(19-2)18-16-7-5-4-6-13(16)10-11-20-18/h4-11,17,19H,3,12H2,1-2H3. The molecule has 3 aromatic rings. The molecule has 2 nitrogen and oxygen atoms in total. The van der Waals surface area contributed by atoms with Crippen molar-refractivity contribution in [2.75, 3.05) is 7.05 Å². The predicted molar refractivity (Wildman–Crippen MR) is 90.9 cm³/mol. The molecule has 1 unspecified atom stereocenters. The molecular weight excluding hydrogens is 276 g/mol. The van der Waals surface area contributed by atoms with Gasteiger partial charge < -0.3 is 5.32 Å². The first-order valence-corrected chi connectivity index (χ1v) is 8.22. The Morgan fingerprint density at radius 1 is 1.10 bits per heavy atom. The molecule has 0 radical (unpaired) electrons. The van der Waals surface area contributed by atoms with E-state index in [9.17, 15) is 0 Å². The number of pyridine rings is 1. The van der Waals surface area contributed by atoms with Crippen LogP contribution in [0.4, 0.5) is 0 Å². The highest BCUT2D eigenvalue weighted by atomic mass is 32.1. The summed E-state index contributed by atoms with van der Waals surface area (Å²) in [5, 5.41) is 5.93. The fourth-order valence-electron chi connectivity index (χ4n) is 2.68. The summed E-state index contributed by atoms with van der Waals surface area (Å²) in [5.41, 5.74) is 1.14. The number of benzene rings is 1. The second-order valence-electron chi connectivity index (χ2n) is 5.18. The minimum Gasteiger partial charge on any atom is -0.311 e. The summed E-state index contributed by atoms with van der Waals surface area (Å²) < 4.78 is 0. The summed E-state index contributed by atoms with van der Waals surface area (Å²) in [6.07, 6.45) is 4.01. The van der Waals surface area contributed by atoms with Crippen LogP contribution in [0, 0.1) is 0 Å². The van der Waals surface area contributed by atoms with E-state index in [1.165, 1.54) is 20.5 Å². The number of hydrogen-bond acceptors (Lipinski definition) is 3. The topological polar surface area (TPSA) is 24.9 Å². The van der Waals surface area contributed by atoms with Crippen LogP contribution < -0.4 is 5.32 Å². The van der Waals surface area contributed by atoms with Crippen LogP contribution in [-0.4, -0.2) is 12.0 Å². The number of aryl methyl sites for hydroxylation is 1. The third kappa shape index (κ3) is 2.99. The Labute approximate surface area is 129 Å². The van der Waals surface area contributed by atoms with E-state index in [1.807, 2.05) is 24.6 Å². The van der Waals surface area contributed by atoms with Crippen LogP contribution in [0.25, 0.3) is 10.8 Å². The van der Waals surface area contributed by atoms with Gasteiger partial charge in [0.1, 0.15) is 0 Å². The van der Waals surface area contributed by atoms with Gasteiger partial charge >= 0.3 is 0 Å². The number of nitrogens with one attached hydrogen (secondary N) is 1. The number of rotatable bonds is 5. The zero-order chi connectivity index (χ0) is 14.7. The number of hydrogen-bond donors (Lipinski definition) is 1. The van der Waals surface area contributed by atoms with Crippen molar-refractivity contribution in [2.45, 2.75) is 25.8 Å². The summed E-state index contributed by atoms with van der Waals surface area (Å²) in [7, 11) is 2.02. The SMILES string of the molecule is CCc1ccc(CC(NC)c2nccc3ccccc23)s1. The summed E-state index contributed by atoms with van der Waals surface area (Å²) in [5.74, 6) is 0. The molecular formula is C18H20N2S. The molecule has 108 valence electrons. The van der Waals surface area contributed by atoms with Crippen molar-refractivity contribution in [2.24, 2.45) is 0 Å². The molecule has 0 aliphatic carbocycles. The normalized spacial score (nSPS) is 12.7. The zero-order valence-corrected chi connectivity index (χ0v) is 13.3. The number of nitrogens with zero attached hydrogens (tertiary/aromatic N) is 1. The van der Waals surface area contributed by atoms with Crippen molar-refractivity contribution in [3.63, 3.8) is 0 Å². The van der Waals surface area contributed by atoms with E-state index >= 15 is 0 Å². The van der Waals surface area contributed by atoms with Crippen LogP contribution in [0.15, 0.2) is 48.7 Å². The van der Waals surface area contributed by atoms with Crippen molar-refractivity contribution >= 4 is 22.1 Å². The predicted octanol–water partition coefficient (Wildman–Crippen LogP) is 4.36. The number of thiophene rings is 1. The molecule has 0 bridgehead atoms. The molecule has 1 aromatic carbocycles. The second kappa shape index (κ2) is 6.37. The maximum Gasteiger partial charge on any atom is 0.0654 e. The van der Waals surface area contributed by atoms with E-state index in [-0.39, 0.29) is 6.04 Å². The van der Waals surface area contributed by atoms with E-state index in [1.54, 1.807) is 0 Å². The van der Waals surface area contributed by atoms with Crippen molar-refractivity contribution in [1.82, 2.24) is 10.3 Å². The Morgan fingerprint density at radius 3 is 2.67 bits per heavy atom.